The summed E-state index contributed by atoms with van der Waals surface area (Å²) in [5.74, 6) is -0.208. The van der Waals surface area contributed by atoms with E-state index in [4.69, 9.17) is 4.74 Å². The molecule has 1 N–H and O–H groups in total. The van der Waals surface area contributed by atoms with Gasteiger partial charge in [0.2, 0.25) is 0 Å². The molecular formula is C16H29N3O2. The molecule has 0 aliphatic rings. The van der Waals surface area contributed by atoms with Gasteiger partial charge in [0.1, 0.15) is 5.54 Å². The monoisotopic (exact) mass is 295 g/mol. The van der Waals surface area contributed by atoms with Crippen molar-refractivity contribution in [1.29, 1.82) is 0 Å². The lowest BCUT2D eigenvalue weighted by atomic mass is 9.93. The minimum absolute atomic E-state index is 0.127. The quantitative estimate of drug-likeness (QED) is 0.749. The van der Waals surface area contributed by atoms with E-state index in [0.717, 1.165) is 18.5 Å². The topological polar surface area (TPSA) is 56.2 Å². The first kappa shape index (κ1) is 17.7. The fourth-order valence-corrected chi connectivity index (χ4v) is 2.56. The Labute approximate surface area is 128 Å². The molecule has 0 saturated carbocycles. The van der Waals surface area contributed by atoms with Crippen molar-refractivity contribution >= 4 is 5.97 Å². The van der Waals surface area contributed by atoms with Gasteiger partial charge < -0.3 is 10.1 Å². The average Bonchev–Trinajstić information content (AvgIpc) is 2.90. The van der Waals surface area contributed by atoms with Crippen LogP contribution in [0.5, 0.6) is 0 Å². The highest BCUT2D eigenvalue weighted by Gasteiger charge is 2.35. The van der Waals surface area contributed by atoms with Crippen LogP contribution in [0.4, 0.5) is 0 Å². The number of esters is 1. The molecule has 0 aromatic carbocycles. The summed E-state index contributed by atoms with van der Waals surface area (Å²) >= 11 is 0. The van der Waals surface area contributed by atoms with Crippen LogP contribution in [0.15, 0.2) is 6.07 Å². The number of nitrogens with one attached hydrogen (secondary N) is 1. The summed E-state index contributed by atoms with van der Waals surface area (Å²) in [6.07, 6.45) is 2.50. The Bertz CT molecular complexity index is 470. The second-order valence-corrected chi connectivity index (χ2v) is 5.63. The number of aromatic nitrogens is 2. The normalized spacial score (nSPS) is 15.5. The van der Waals surface area contributed by atoms with Crippen LogP contribution in [0.25, 0.3) is 0 Å². The summed E-state index contributed by atoms with van der Waals surface area (Å²) < 4.78 is 7.24. The molecule has 0 aliphatic carbocycles. The van der Waals surface area contributed by atoms with Crippen LogP contribution in [0.1, 0.15) is 58.5 Å². The molecule has 1 aromatic heterocycles. The molecule has 120 valence electrons. The van der Waals surface area contributed by atoms with Crippen molar-refractivity contribution in [1.82, 2.24) is 15.1 Å². The molecule has 0 spiro atoms. The van der Waals surface area contributed by atoms with Crippen molar-refractivity contribution in [2.24, 2.45) is 0 Å². The summed E-state index contributed by atoms with van der Waals surface area (Å²) in [6.45, 7) is 10.4. The molecule has 0 bridgehead atoms. The Balaban J connectivity index is 2.94. The summed E-state index contributed by atoms with van der Waals surface area (Å²) in [6, 6.07) is 2.28. The van der Waals surface area contributed by atoms with Gasteiger partial charge in [-0.05, 0) is 53.1 Å². The summed E-state index contributed by atoms with van der Waals surface area (Å²) in [7, 11) is 1.80. The third-order valence-corrected chi connectivity index (χ3v) is 3.99. The fourth-order valence-electron chi connectivity index (χ4n) is 2.56. The number of hydrogen-bond donors (Lipinski definition) is 1. The van der Waals surface area contributed by atoms with E-state index in [0.29, 0.717) is 13.0 Å². The molecule has 0 radical (unpaired) electrons. The molecule has 21 heavy (non-hydrogen) atoms. The predicted octanol–water partition coefficient (Wildman–Crippen LogP) is 2.50. The number of carbonyl (C=O) groups is 1. The highest BCUT2D eigenvalue weighted by molar-refractivity contribution is 5.80. The lowest BCUT2D eigenvalue weighted by Crippen LogP contribution is -2.50. The van der Waals surface area contributed by atoms with Gasteiger partial charge in [-0.25, -0.2) is 0 Å². The van der Waals surface area contributed by atoms with Crippen molar-refractivity contribution in [3.8, 4) is 0 Å². The molecule has 0 fully saturated rings. The van der Waals surface area contributed by atoms with Gasteiger partial charge in [-0.2, -0.15) is 5.10 Å². The van der Waals surface area contributed by atoms with Crippen molar-refractivity contribution < 1.29 is 9.53 Å². The largest absolute Gasteiger partial charge is 0.465 e. The molecule has 0 saturated heterocycles. The second-order valence-electron chi connectivity index (χ2n) is 5.63. The van der Waals surface area contributed by atoms with Crippen molar-refractivity contribution in [2.45, 2.75) is 65.5 Å². The number of ether oxygens (including phenoxy) is 1. The summed E-state index contributed by atoms with van der Waals surface area (Å²) in [4.78, 5) is 12.2. The first-order valence-corrected chi connectivity index (χ1v) is 7.85. The molecule has 0 amide bonds. The van der Waals surface area contributed by atoms with Gasteiger partial charge in [0.25, 0.3) is 0 Å². The van der Waals surface area contributed by atoms with Crippen LogP contribution in [0.3, 0.4) is 0 Å². The number of hydrogen-bond acceptors (Lipinski definition) is 4. The molecule has 0 aliphatic heterocycles. The molecule has 2 atom stereocenters. The van der Waals surface area contributed by atoms with Crippen LogP contribution in [0.2, 0.25) is 0 Å². The van der Waals surface area contributed by atoms with E-state index in [1.165, 1.54) is 5.69 Å². The van der Waals surface area contributed by atoms with Gasteiger partial charge in [0.15, 0.2) is 0 Å². The van der Waals surface area contributed by atoms with Crippen molar-refractivity contribution in [2.75, 3.05) is 13.7 Å². The van der Waals surface area contributed by atoms with Gasteiger partial charge in [-0.1, -0.05) is 13.8 Å². The number of rotatable bonds is 8. The predicted molar refractivity (Wildman–Crippen MR) is 84.4 cm³/mol. The highest BCUT2D eigenvalue weighted by atomic mass is 16.5. The maximum absolute atomic E-state index is 12.2. The number of nitrogens with zero attached hydrogens (tertiary/aromatic N) is 2. The minimum atomic E-state index is -0.696. The van der Waals surface area contributed by atoms with Crippen molar-refractivity contribution in [3.05, 3.63) is 17.5 Å². The molecule has 1 heterocycles. The third kappa shape index (κ3) is 4.06. The first-order valence-electron chi connectivity index (χ1n) is 7.85. The standard InChI is InChI=1S/C16H29N3O2/c1-7-13-10-14(8-2)19(18-13)12(4)11-16(5,17-6)15(20)21-9-3/h10,12,17H,7-9,11H2,1-6H3. The van der Waals surface area contributed by atoms with E-state index < -0.39 is 5.54 Å². The van der Waals surface area contributed by atoms with E-state index in [1.54, 1.807) is 7.05 Å². The van der Waals surface area contributed by atoms with E-state index >= 15 is 0 Å². The Morgan fingerprint density at radius 2 is 2.10 bits per heavy atom. The van der Waals surface area contributed by atoms with E-state index in [-0.39, 0.29) is 12.0 Å². The molecular weight excluding hydrogens is 266 g/mol. The van der Waals surface area contributed by atoms with Crippen LogP contribution < -0.4 is 5.32 Å². The Hall–Kier alpha value is -1.36. The lowest BCUT2D eigenvalue weighted by Gasteiger charge is -2.30. The maximum Gasteiger partial charge on any atom is 0.326 e. The van der Waals surface area contributed by atoms with Gasteiger partial charge in [-0.15, -0.1) is 0 Å². The highest BCUT2D eigenvalue weighted by Crippen LogP contribution is 2.24. The average molecular weight is 295 g/mol. The van der Waals surface area contributed by atoms with E-state index in [2.05, 4.69) is 37.3 Å². The SMILES string of the molecule is CCOC(=O)C(C)(CC(C)n1nc(CC)cc1CC)NC. The van der Waals surface area contributed by atoms with Crippen LogP contribution in [-0.4, -0.2) is 34.9 Å². The lowest BCUT2D eigenvalue weighted by molar-refractivity contribution is -0.151. The van der Waals surface area contributed by atoms with E-state index in [9.17, 15) is 4.79 Å². The number of aryl methyl sites for hydroxylation is 2. The van der Waals surface area contributed by atoms with Crippen LogP contribution >= 0.6 is 0 Å². The zero-order valence-electron chi connectivity index (χ0n) is 14.2. The molecule has 5 heteroatoms. The smallest absolute Gasteiger partial charge is 0.326 e. The molecule has 5 nitrogen and oxygen atoms in total. The molecule has 1 rings (SSSR count). The maximum atomic E-state index is 12.2. The summed E-state index contributed by atoms with van der Waals surface area (Å²) in [5, 5.41) is 7.77. The second kappa shape index (κ2) is 7.59. The zero-order chi connectivity index (χ0) is 16.0. The first-order chi connectivity index (χ1) is 9.91. The van der Waals surface area contributed by atoms with Crippen LogP contribution in [0, 0.1) is 0 Å². The van der Waals surface area contributed by atoms with E-state index in [1.807, 2.05) is 18.5 Å². The van der Waals surface area contributed by atoms with Gasteiger partial charge >= 0.3 is 5.97 Å². The third-order valence-electron chi connectivity index (χ3n) is 3.99. The molecule has 2 unspecified atom stereocenters. The number of likely N-dealkylation sites (N-methyl/N-ethyl adjacent to an activating group) is 1. The summed E-state index contributed by atoms with van der Waals surface area (Å²) in [5.41, 5.74) is 1.61. The minimum Gasteiger partial charge on any atom is -0.465 e. The fraction of sp³-hybridized carbons (Fsp3) is 0.750. The van der Waals surface area contributed by atoms with Crippen molar-refractivity contribution in [3.63, 3.8) is 0 Å². The molecule has 1 aromatic rings. The Kier molecular flexibility index (Phi) is 6.40. The van der Waals surface area contributed by atoms with Gasteiger partial charge in [0.05, 0.1) is 18.3 Å². The van der Waals surface area contributed by atoms with Gasteiger partial charge in [-0.3, -0.25) is 9.48 Å². The van der Waals surface area contributed by atoms with Crippen LogP contribution in [-0.2, 0) is 22.4 Å². The Morgan fingerprint density at radius 1 is 1.43 bits per heavy atom. The number of carbonyl (C=O) groups excluding carboxylic acids is 1. The Morgan fingerprint density at radius 3 is 2.57 bits per heavy atom. The zero-order valence-corrected chi connectivity index (χ0v) is 14.2. The van der Waals surface area contributed by atoms with Gasteiger partial charge in [0, 0.05) is 5.69 Å².